The average Bonchev–Trinajstić information content (AvgIpc) is 2.32. The van der Waals surface area contributed by atoms with Crippen molar-refractivity contribution in [1.29, 1.82) is 0 Å². The van der Waals surface area contributed by atoms with E-state index in [9.17, 15) is 57.7 Å². The van der Waals surface area contributed by atoms with Crippen LogP contribution < -0.4 is 207 Å². The van der Waals surface area contributed by atoms with Crippen molar-refractivity contribution in [3.63, 3.8) is 0 Å². The van der Waals surface area contributed by atoms with Gasteiger partial charge in [-0.2, -0.15) is 0 Å². The van der Waals surface area contributed by atoms with E-state index in [0.29, 0.717) is 0 Å². The van der Waals surface area contributed by atoms with Crippen molar-refractivity contribution in [3.05, 3.63) is 0 Å². The van der Waals surface area contributed by atoms with Crippen LogP contribution in [0, 0.1) is 0 Å². The van der Waals surface area contributed by atoms with Crippen LogP contribution in [0.5, 0.6) is 0 Å². The molecule has 30 heavy (non-hydrogen) atoms. The second kappa shape index (κ2) is 20.1. The molecule has 0 heterocycles. The van der Waals surface area contributed by atoms with Crippen LogP contribution in [0.3, 0.4) is 0 Å². The van der Waals surface area contributed by atoms with Crippen molar-refractivity contribution in [1.82, 2.24) is 0 Å². The second-order valence-corrected chi connectivity index (χ2v) is 7.79. The first-order chi connectivity index (χ1) is 10.5. The number of aliphatic hydroxyl groups excluding tert-OH is 2. The number of phosphoric ester groups is 3. The van der Waals surface area contributed by atoms with E-state index in [0.717, 1.165) is 0 Å². The molecule has 0 bridgehead atoms. The first kappa shape index (κ1) is 49.2. The van der Waals surface area contributed by atoms with Gasteiger partial charge in [0.1, 0.15) is 30.5 Å². The van der Waals surface area contributed by atoms with Gasteiger partial charge in [-0.05, 0) is 0 Å². The zero-order chi connectivity index (χ0) is 19.1. The first-order valence-corrected chi connectivity index (χ1v) is 10.0. The number of halogens is 1. The number of hydrogen-bond acceptors (Lipinski definition) is 14. The van der Waals surface area contributed by atoms with Gasteiger partial charge in [0.15, 0.2) is 6.17 Å². The Bertz CT molecular complexity index is 601. The smallest absolute Gasteiger partial charge is 0.790 e. The van der Waals surface area contributed by atoms with Gasteiger partial charge >= 0.3 is 177 Å². The van der Waals surface area contributed by atoms with Gasteiger partial charge in [-0.1, -0.05) is 0 Å². The van der Waals surface area contributed by atoms with E-state index in [1.807, 2.05) is 0 Å². The summed E-state index contributed by atoms with van der Waals surface area (Å²) in [6.45, 7) is 0. The summed E-state index contributed by atoms with van der Waals surface area (Å²) in [6.07, 6.45) is -16.9. The molecule has 14 nitrogen and oxygen atoms in total. The Balaban J connectivity index is -0.000000240. The molecule has 0 amide bonds. The molecular formula is C6H8FNa6O14P3. The topological polar surface area (TPSA) is 258 Å². The van der Waals surface area contributed by atoms with Crippen LogP contribution in [-0.4, -0.2) is 46.9 Å². The molecule has 0 saturated heterocycles. The van der Waals surface area contributed by atoms with E-state index in [4.69, 9.17) is 0 Å². The van der Waals surface area contributed by atoms with Gasteiger partial charge in [-0.15, -0.1) is 0 Å². The third-order valence-corrected chi connectivity index (χ3v) is 4.23. The van der Waals surface area contributed by atoms with Crippen LogP contribution in [0.1, 0.15) is 0 Å². The minimum absolute atomic E-state index is 0. The number of phosphoric acid groups is 3. The van der Waals surface area contributed by atoms with Crippen LogP contribution in [0.25, 0.3) is 0 Å². The van der Waals surface area contributed by atoms with Crippen molar-refractivity contribution >= 4 is 23.5 Å². The van der Waals surface area contributed by atoms with E-state index in [1.165, 1.54) is 0 Å². The number of aliphatic hydroxyl groups is 2. The predicted octanol–water partition coefficient (Wildman–Crippen LogP) is -24.3. The Morgan fingerprint density at radius 3 is 1.13 bits per heavy atom. The van der Waals surface area contributed by atoms with Gasteiger partial charge in [0.2, 0.25) is 0 Å². The first-order valence-electron chi connectivity index (χ1n) is 5.63. The van der Waals surface area contributed by atoms with Crippen molar-refractivity contribution in [2.24, 2.45) is 0 Å². The van der Waals surface area contributed by atoms with Crippen molar-refractivity contribution in [2.45, 2.75) is 36.7 Å². The maximum atomic E-state index is 14.0. The van der Waals surface area contributed by atoms with Crippen LogP contribution in [0.2, 0.25) is 0 Å². The van der Waals surface area contributed by atoms with E-state index < -0.39 is 60.2 Å². The zero-order valence-corrected chi connectivity index (χ0v) is 31.7. The summed E-state index contributed by atoms with van der Waals surface area (Å²) in [5.41, 5.74) is 0. The van der Waals surface area contributed by atoms with Gasteiger partial charge in [0.25, 0.3) is 0 Å². The molecule has 2 N–H and O–H groups in total. The predicted molar refractivity (Wildman–Crippen MR) is 54.3 cm³/mol. The molecular weight excluding hydrogens is 546 g/mol. The Labute approximate surface area is 303 Å². The summed E-state index contributed by atoms with van der Waals surface area (Å²) in [4.78, 5) is 63.3. The normalized spacial score (nSPS) is 28.7. The van der Waals surface area contributed by atoms with Crippen molar-refractivity contribution < 1.29 is 249 Å². The van der Waals surface area contributed by atoms with Gasteiger partial charge < -0.3 is 66.8 Å². The fourth-order valence-corrected chi connectivity index (χ4v) is 3.58. The zero-order valence-electron chi connectivity index (χ0n) is 17.0. The molecule has 1 aliphatic rings. The second-order valence-electron chi connectivity index (χ2n) is 4.48. The molecule has 0 aromatic carbocycles. The maximum absolute atomic E-state index is 14.0. The number of hydrogen-bond donors (Lipinski definition) is 2. The van der Waals surface area contributed by atoms with Crippen molar-refractivity contribution in [3.8, 4) is 0 Å². The number of rotatable bonds is 6. The molecule has 1 saturated carbocycles. The largest absolute Gasteiger partial charge is 1.00 e. The average molecular weight is 554 g/mol. The van der Waals surface area contributed by atoms with Crippen LogP contribution in [0.4, 0.5) is 4.39 Å². The summed E-state index contributed by atoms with van der Waals surface area (Å²) in [5, 5.41) is 19.1. The van der Waals surface area contributed by atoms with Crippen LogP contribution >= 0.6 is 23.5 Å². The molecule has 0 radical (unpaired) electrons. The quantitative estimate of drug-likeness (QED) is 0.228. The minimum atomic E-state index is -6.06. The monoisotopic (exact) mass is 554 g/mol. The van der Waals surface area contributed by atoms with E-state index in [-0.39, 0.29) is 177 Å². The Kier molecular flexibility index (Phi) is 33.0. The molecule has 6 atom stereocenters. The van der Waals surface area contributed by atoms with Crippen molar-refractivity contribution in [2.75, 3.05) is 0 Å². The molecule has 0 aromatic heterocycles. The minimum Gasteiger partial charge on any atom is -0.790 e. The molecule has 144 valence electrons. The molecule has 0 aliphatic heterocycles. The van der Waals surface area contributed by atoms with Gasteiger partial charge in [-0.3, -0.25) is 0 Å². The molecule has 0 spiro atoms. The Hall–Kier alpha value is 6.18. The molecule has 0 aromatic rings. The summed E-state index contributed by atoms with van der Waals surface area (Å²) in [6, 6.07) is 0. The number of alkyl halides is 1. The van der Waals surface area contributed by atoms with E-state index >= 15 is 0 Å². The fraction of sp³-hybridized carbons (Fsp3) is 1.00. The van der Waals surface area contributed by atoms with Gasteiger partial charge in [0, 0.05) is 0 Å². The summed E-state index contributed by atoms with van der Waals surface area (Å²) < 4.78 is 56.5. The summed E-state index contributed by atoms with van der Waals surface area (Å²) in [5.74, 6) is 0. The molecule has 1 rings (SSSR count). The fourth-order valence-electron chi connectivity index (χ4n) is 1.95. The summed E-state index contributed by atoms with van der Waals surface area (Å²) in [7, 11) is -18.1. The molecule has 24 heteroatoms. The van der Waals surface area contributed by atoms with Crippen LogP contribution in [-0.2, 0) is 27.3 Å². The van der Waals surface area contributed by atoms with E-state index in [1.54, 1.807) is 0 Å². The van der Waals surface area contributed by atoms with E-state index in [2.05, 4.69) is 13.6 Å². The van der Waals surface area contributed by atoms with Gasteiger partial charge in [0.05, 0.1) is 23.5 Å². The Morgan fingerprint density at radius 1 is 0.567 bits per heavy atom. The Morgan fingerprint density at radius 2 is 0.833 bits per heavy atom. The third-order valence-electron chi connectivity index (χ3n) is 2.73. The molecule has 1 aliphatic carbocycles. The SMILES string of the molecule is O=P([O-])([O-])O[C@@H]1[C@H](O)[C@@H](F)[C@@H](OP(=O)([O-])[O-])[C@H](OP(=O)([O-])[O-])[C@H]1O.[Na+].[Na+].[Na+].[Na+].[Na+].[Na+]. The summed E-state index contributed by atoms with van der Waals surface area (Å²) >= 11 is 0. The van der Waals surface area contributed by atoms with Crippen LogP contribution in [0.15, 0.2) is 0 Å². The maximum Gasteiger partial charge on any atom is 1.00 e. The molecule has 0 unspecified atom stereocenters. The third kappa shape index (κ3) is 18.4. The van der Waals surface area contributed by atoms with Gasteiger partial charge in [-0.25, -0.2) is 4.39 Å². The molecule has 1 fully saturated rings. The standard InChI is InChI=1S/C6H14FO14P3.6Na/c7-1-2(8)5(20-23(13,14)15)3(9)6(21-24(16,17)18)4(1)19-22(10,11)12;;;;;;/h1-6,8-9H,(H2,10,11,12)(H2,13,14,15)(H2,16,17,18);;;;;;/q;6*+1/p-6/t1-,2-,3+,4-,5-,6-;;;;;;/m1....../s1.